The summed E-state index contributed by atoms with van der Waals surface area (Å²) >= 11 is 0. The lowest BCUT2D eigenvalue weighted by Gasteiger charge is -2.32. The summed E-state index contributed by atoms with van der Waals surface area (Å²) in [5.41, 5.74) is 2.92. The van der Waals surface area contributed by atoms with Gasteiger partial charge >= 0.3 is 0 Å². The van der Waals surface area contributed by atoms with Crippen LogP contribution in [0.25, 0.3) is 0 Å². The highest BCUT2D eigenvalue weighted by Gasteiger charge is 2.27. The van der Waals surface area contributed by atoms with Crippen LogP contribution in [-0.4, -0.2) is 57.4 Å². The molecule has 1 aliphatic rings. The predicted octanol–water partition coefficient (Wildman–Crippen LogP) is 2.49. The molecule has 0 spiro atoms. The topological polar surface area (TPSA) is 82.4 Å². The molecule has 3 heterocycles. The number of amides is 1. The molecule has 0 aliphatic carbocycles. The van der Waals surface area contributed by atoms with E-state index in [9.17, 15) is 4.79 Å². The second kappa shape index (κ2) is 9.26. The van der Waals surface area contributed by atoms with E-state index in [4.69, 9.17) is 14.5 Å². The lowest BCUT2D eigenvalue weighted by Crippen LogP contribution is -2.44. The van der Waals surface area contributed by atoms with E-state index in [1.54, 1.807) is 11.8 Å². The van der Waals surface area contributed by atoms with Gasteiger partial charge < -0.3 is 14.4 Å². The highest BCUT2D eigenvalue weighted by atomic mass is 16.5. The number of rotatable bonds is 6. The normalized spacial score (nSPS) is 16.4. The second-order valence-electron chi connectivity index (χ2n) is 7.65. The van der Waals surface area contributed by atoms with Crippen LogP contribution in [0.4, 0.5) is 0 Å². The lowest BCUT2D eigenvalue weighted by molar-refractivity contribution is -0.140. The number of benzene rings is 1. The van der Waals surface area contributed by atoms with E-state index in [2.05, 4.69) is 16.1 Å². The van der Waals surface area contributed by atoms with Crippen LogP contribution in [0, 0.1) is 13.8 Å². The Balaban J connectivity index is 1.43. The van der Waals surface area contributed by atoms with Crippen molar-refractivity contribution in [3.63, 3.8) is 0 Å². The predicted molar refractivity (Wildman–Crippen MR) is 115 cm³/mol. The fourth-order valence-corrected chi connectivity index (χ4v) is 3.76. The Morgan fingerprint density at radius 2 is 2.03 bits per heavy atom. The van der Waals surface area contributed by atoms with E-state index in [1.165, 1.54) is 0 Å². The molecule has 3 aromatic rings. The molecule has 4 rings (SSSR count). The molecule has 0 unspecified atom stereocenters. The molecule has 8 nitrogen and oxygen atoms in total. The molecule has 0 saturated carbocycles. The van der Waals surface area contributed by atoms with E-state index >= 15 is 0 Å². The van der Waals surface area contributed by atoms with E-state index in [0.717, 1.165) is 28.5 Å². The molecular weight excluding hydrogens is 394 g/mol. The number of ether oxygens (including phenoxy) is 2. The summed E-state index contributed by atoms with van der Waals surface area (Å²) in [5, 5.41) is 4.29. The van der Waals surface area contributed by atoms with Crippen molar-refractivity contribution in [3.05, 3.63) is 71.1 Å². The minimum Gasteiger partial charge on any atom is -0.497 e. The number of methoxy groups -OCH3 is 1. The van der Waals surface area contributed by atoms with Crippen LogP contribution in [-0.2, 0) is 22.5 Å². The molecule has 8 heteroatoms. The van der Waals surface area contributed by atoms with Gasteiger partial charge in [-0.3, -0.25) is 9.78 Å². The highest BCUT2D eigenvalue weighted by Crippen LogP contribution is 2.22. The van der Waals surface area contributed by atoms with Gasteiger partial charge in [0.2, 0.25) is 5.91 Å². The molecule has 0 bridgehead atoms. The molecule has 1 aromatic carbocycles. The van der Waals surface area contributed by atoms with Gasteiger partial charge in [-0.25, -0.2) is 9.67 Å². The number of aryl methyl sites for hydroxylation is 2. The third kappa shape index (κ3) is 5.08. The molecule has 0 N–H and O–H groups in total. The monoisotopic (exact) mass is 421 g/mol. The van der Waals surface area contributed by atoms with E-state index in [-0.39, 0.29) is 18.6 Å². The molecule has 0 radical (unpaired) electrons. The zero-order valence-corrected chi connectivity index (χ0v) is 18.1. The van der Waals surface area contributed by atoms with Crippen molar-refractivity contribution in [1.29, 1.82) is 0 Å². The van der Waals surface area contributed by atoms with Gasteiger partial charge in [0, 0.05) is 18.7 Å². The number of morpholine rings is 1. The van der Waals surface area contributed by atoms with E-state index in [1.807, 2.05) is 55.1 Å². The molecule has 1 saturated heterocycles. The number of hydrogen-bond donors (Lipinski definition) is 0. The highest BCUT2D eigenvalue weighted by molar-refractivity contribution is 5.76. The van der Waals surface area contributed by atoms with Crippen LogP contribution >= 0.6 is 0 Å². The molecule has 31 heavy (non-hydrogen) atoms. The SMILES string of the molecule is COc1cccc(Cc2cccc([C@@H]3CN(C(=O)Cn4nc(C)nc4C)CCO3)n2)c1. The zero-order chi connectivity index (χ0) is 21.8. The van der Waals surface area contributed by atoms with Crippen LogP contribution in [0.3, 0.4) is 0 Å². The van der Waals surface area contributed by atoms with Gasteiger partial charge in [0.05, 0.1) is 26.0 Å². The van der Waals surface area contributed by atoms with Crippen LogP contribution in [0.2, 0.25) is 0 Å². The van der Waals surface area contributed by atoms with Crippen molar-refractivity contribution in [3.8, 4) is 5.75 Å². The maximum Gasteiger partial charge on any atom is 0.244 e. The van der Waals surface area contributed by atoms with Crippen molar-refractivity contribution in [2.24, 2.45) is 0 Å². The Hall–Kier alpha value is -3.26. The number of aromatic nitrogens is 4. The Morgan fingerprint density at radius 1 is 1.19 bits per heavy atom. The largest absolute Gasteiger partial charge is 0.497 e. The molecule has 2 aromatic heterocycles. The maximum absolute atomic E-state index is 12.8. The van der Waals surface area contributed by atoms with Crippen LogP contribution in [0.15, 0.2) is 42.5 Å². The van der Waals surface area contributed by atoms with Gasteiger partial charge in [-0.2, -0.15) is 5.10 Å². The minimum absolute atomic E-state index is 0.00818. The Morgan fingerprint density at radius 3 is 2.81 bits per heavy atom. The minimum atomic E-state index is -0.249. The summed E-state index contributed by atoms with van der Waals surface area (Å²) < 4.78 is 12.9. The third-order valence-corrected chi connectivity index (χ3v) is 5.34. The fraction of sp³-hybridized carbons (Fsp3) is 0.391. The summed E-state index contributed by atoms with van der Waals surface area (Å²) in [4.78, 5) is 23.7. The standard InChI is InChI=1S/C23H27N5O3/c1-16-24-17(2)28(26-16)15-23(29)27-10-11-31-22(14-27)21-9-5-7-19(25-21)12-18-6-4-8-20(13-18)30-3/h4-9,13,22H,10-12,14-15H2,1-3H3/t22-/m0/s1. The summed E-state index contributed by atoms with van der Waals surface area (Å²) in [5.74, 6) is 2.25. The van der Waals surface area contributed by atoms with E-state index in [0.29, 0.717) is 31.9 Å². The Kier molecular flexibility index (Phi) is 6.27. The summed E-state index contributed by atoms with van der Waals surface area (Å²) in [6, 6.07) is 13.9. The summed E-state index contributed by atoms with van der Waals surface area (Å²) in [7, 11) is 1.66. The number of carbonyl (C=O) groups excluding carboxylic acids is 1. The van der Waals surface area contributed by atoms with Crippen molar-refractivity contribution >= 4 is 5.91 Å². The van der Waals surface area contributed by atoms with Crippen molar-refractivity contribution in [1.82, 2.24) is 24.6 Å². The van der Waals surface area contributed by atoms with Crippen LogP contribution < -0.4 is 4.74 Å². The first-order valence-electron chi connectivity index (χ1n) is 10.4. The third-order valence-electron chi connectivity index (χ3n) is 5.34. The van der Waals surface area contributed by atoms with Crippen molar-refractivity contribution < 1.29 is 14.3 Å². The molecule has 1 aliphatic heterocycles. The fourth-order valence-electron chi connectivity index (χ4n) is 3.76. The average molecular weight is 422 g/mol. The lowest BCUT2D eigenvalue weighted by atomic mass is 10.1. The Bertz CT molecular complexity index is 1060. The van der Waals surface area contributed by atoms with E-state index < -0.39 is 0 Å². The smallest absolute Gasteiger partial charge is 0.244 e. The van der Waals surface area contributed by atoms with Gasteiger partial charge in [0.25, 0.3) is 0 Å². The molecule has 162 valence electrons. The average Bonchev–Trinajstić information content (AvgIpc) is 3.10. The summed E-state index contributed by atoms with van der Waals surface area (Å²) in [6.07, 6.45) is 0.451. The zero-order valence-electron chi connectivity index (χ0n) is 18.1. The number of pyridine rings is 1. The maximum atomic E-state index is 12.8. The number of nitrogens with zero attached hydrogens (tertiary/aromatic N) is 5. The summed E-state index contributed by atoms with van der Waals surface area (Å²) in [6.45, 7) is 5.37. The van der Waals surface area contributed by atoms with Gasteiger partial charge in [-0.05, 0) is 43.7 Å². The first kappa shape index (κ1) is 21.0. The van der Waals surface area contributed by atoms with Gasteiger partial charge in [0.1, 0.15) is 30.0 Å². The van der Waals surface area contributed by atoms with Crippen molar-refractivity contribution in [2.75, 3.05) is 26.8 Å². The molecule has 1 atom stereocenters. The van der Waals surface area contributed by atoms with Gasteiger partial charge in [-0.15, -0.1) is 0 Å². The number of carbonyl (C=O) groups is 1. The molecular formula is C23H27N5O3. The molecule has 1 fully saturated rings. The first-order valence-corrected chi connectivity index (χ1v) is 10.4. The van der Waals surface area contributed by atoms with Crippen molar-refractivity contribution in [2.45, 2.75) is 32.9 Å². The van der Waals surface area contributed by atoms with Gasteiger partial charge in [-0.1, -0.05) is 18.2 Å². The quantitative estimate of drug-likeness (QED) is 0.608. The first-order chi connectivity index (χ1) is 15.0. The van der Waals surface area contributed by atoms with Crippen LogP contribution in [0.5, 0.6) is 5.75 Å². The molecule has 1 amide bonds. The van der Waals surface area contributed by atoms with Crippen LogP contribution in [0.1, 0.15) is 34.7 Å². The van der Waals surface area contributed by atoms with Gasteiger partial charge in [0.15, 0.2) is 0 Å². The second-order valence-corrected chi connectivity index (χ2v) is 7.65. The number of hydrogen-bond acceptors (Lipinski definition) is 6. The Labute approximate surface area is 181 Å².